The number of imidazole rings is 1. The summed E-state index contributed by atoms with van der Waals surface area (Å²) < 4.78 is 2.71. The Kier molecular flexibility index (Phi) is 7.33. The molecule has 2 aromatic heterocycles. The monoisotopic (exact) mass is 526 g/mol. The third-order valence-electron chi connectivity index (χ3n) is 6.50. The van der Waals surface area contributed by atoms with E-state index < -0.39 is 11.6 Å². The molecule has 1 N–H and O–H groups in total. The molecule has 3 aromatic carbocycles. The molecule has 8 nitrogen and oxygen atoms in total. The van der Waals surface area contributed by atoms with Gasteiger partial charge in [0.25, 0.3) is 5.91 Å². The fraction of sp³-hybridized carbons (Fsp3) is 0.207. The fourth-order valence-corrected chi connectivity index (χ4v) is 4.81. The van der Waals surface area contributed by atoms with Crippen molar-refractivity contribution in [3.8, 4) is 22.5 Å². The van der Waals surface area contributed by atoms with Crippen LogP contribution in [0.2, 0.25) is 5.15 Å². The number of benzene rings is 3. The number of carbonyl (C=O) groups is 1. The molecular weight excluding hydrogens is 500 g/mol. The Labute approximate surface area is 224 Å². The zero-order valence-electron chi connectivity index (χ0n) is 21.1. The predicted octanol–water partition coefficient (Wildman–Crippen LogP) is 5.48. The van der Waals surface area contributed by atoms with Crippen LogP contribution in [0.25, 0.3) is 22.5 Å². The molecule has 38 heavy (non-hydrogen) atoms. The largest absolute Gasteiger partial charge is 0.337 e. The molecule has 0 amide bonds. The van der Waals surface area contributed by atoms with E-state index in [-0.39, 0.29) is 5.15 Å². The van der Waals surface area contributed by atoms with E-state index in [1.54, 1.807) is 28.8 Å². The van der Waals surface area contributed by atoms with Crippen LogP contribution in [0.3, 0.4) is 0 Å². The summed E-state index contributed by atoms with van der Waals surface area (Å²) in [7, 11) is 0. The first kappa shape index (κ1) is 25.4. The van der Waals surface area contributed by atoms with Crippen LogP contribution in [0.4, 0.5) is 0 Å². The highest BCUT2D eigenvalue weighted by atomic mass is 35.5. The van der Waals surface area contributed by atoms with Crippen LogP contribution in [0.5, 0.6) is 0 Å². The van der Waals surface area contributed by atoms with Crippen molar-refractivity contribution in [1.82, 2.24) is 29.8 Å². The van der Waals surface area contributed by atoms with E-state index in [0.717, 1.165) is 33.2 Å². The van der Waals surface area contributed by atoms with Crippen LogP contribution in [-0.4, -0.2) is 35.7 Å². The molecule has 0 unspecified atom stereocenters. The highest BCUT2D eigenvalue weighted by Crippen LogP contribution is 2.30. The fourth-order valence-electron chi connectivity index (χ4n) is 4.46. The van der Waals surface area contributed by atoms with Crippen molar-refractivity contribution < 1.29 is 4.79 Å². The molecule has 0 aliphatic heterocycles. The second-order valence-electron chi connectivity index (χ2n) is 9.54. The molecule has 0 aliphatic rings. The summed E-state index contributed by atoms with van der Waals surface area (Å²) in [4.78, 5) is 26.8. The number of rotatable bonds is 8. The van der Waals surface area contributed by atoms with Gasteiger partial charge >= 0.3 is 5.69 Å². The van der Waals surface area contributed by atoms with Crippen molar-refractivity contribution in [3.05, 3.63) is 111 Å². The number of nitrogens with zero attached hydrogens (tertiary/aromatic N) is 5. The summed E-state index contributed by atoms with van der Waals surface area (Å²) >= 11 is 6.70. The molecule has 0 saturated carbocycles. The molecular formula is C29H27ClN6O2. The third-order valence-corrected chi connectivity index (χ3v) is 6.89. The molecule has 5 aromatic rings. The van der Waals surface area contributed by atoms with Crippen molar-refractivity contribution in [1.29, 1.82) is 0 Å². The zero-order valence-corrected chi connectivity index (χ0v) is 21.9. The Hall–Kier alpha value is -4.30. The van der Waals surface area contributed by atoms with Crippen LogP contribution in [-0.2, 0) is 13.0 Å². The van der Waals surface area contributed by atoms with Gasteiger partial charge in [0, 0.05) is 11.1 Å². The lowest BCUT2D eigenvalue weighted by Gasteiger charge is -2.11. The highest BCUT2D eigenvalue weighted by Gasteiger charge is 2.24. The van der Waals surface area contributed by atoms with Crippen molar-refractivity contribution in [2.75, 3.05) is 0 Å². The predicted molar refractivity (Wildman–Crippen MR) is 147 cm³/mol. The zero-order chi connectivity index (χ0) is 26.6. The quantitative estimate of drug-likeness (QED) is 0.289. The van der Waals surface area contributed by atoms with E-state index in [1.165, 1.54) is 0 Å². The number of nitrogens with one attached hydrogen (secondary N) is 1. The lowest BCUT2D eigenvalue weighted by atomic mass is 9.98. The number of aromatic amines is 1. The second-order valence-corrected chi connectivity index (χ2v) is 9.90. The first-order valence-electron chi connectivity index (χ1n) is 12.5. The number of hydrogen-bond donors (Lipinski definition) is 1. The number of carbonyl (C=O) groups excluding carboxylic acids is 1. The van der Waals surface area contributed by atoms with Gasteiger partial charge in [0.05, 0.1) is 12.2 Å². The van der Waals surface area contributed by atoms with Gasteiger partial charge in [0.1, 0.15) is 5.15 Å². The van der Waals surface area contributed by atoms with Crippen LogP contribution in [0.15, 0.2) is 83.7 Å². The van der Waals surface area contributed by atoms with E-state index in [1.807, 2.05) is 54.6 Å². The Bertz CT molecular complexity index is 1600. The normalized spacial score (nSPS) is 11.3. The standard InChI is InChI=1S/C29H27ClN6O2/c1-19(2)12-17-25-26(30)36(28(37)22-8-4-3-5-9-22)29(38)35(25)18-20-13-15-21(16-14-20)23-10-6-7-11-24(23)27-31-33-34-32-27/h3-11,13-16,19H,12,17-18H2,1-2H3,(H,31,32,33,34). The number of tetrazole rings is 1. The van der Waals surface area contributed by atoms with Crippen molar-refractivity contribution in [3.63, 3.8) is 0 Å². The molecule has 9 heteroatoms. The molecule has 192 valence electrons. The molecule has 0 aliphatic carbocycles. The summed E-state index contributed by atoms with van der Waals surface area (Å²) in [6.45, 7) is 4.54. The molecule has 5 rings (SSSR count). The van der Waals surface area contributed by atoms with Crippen molar-refractivity contribution in [2.24, 2.45) is 5.92 Å². The topological polar surface area (TPSA) is 98.5 Å². The Morgan fingerprint density at radius 1 is 0.947 bits per heavy atom. The number of aromatic nitrogens is 6. The van der Waals surface area contributed by atoms with E-state index in [4.69, 9.17) is 11.6 Å². The van der Waals surface area contributed by atoms with E-state index in [0.29, 0.717) is 36.0 Å². The maximum Gasteiger partial charge on any atom is 0.337 e. The van der Waals surface area contributed by atoms with Gasteiger partial charge in [0.2, 0.25) is 0 Å². The minimum absolute atomic E-state index is 0.177. The van der Waals surface area contributed by atoms with Crippen LogP contribution >= 0.6 is 11.6 Å². The van der Waals surface area contributed by atoms with E-state index >= 15 is 0 Å². The van der Waals surface area contributed by atoms with Gasteiger partial charge in [-0.15, -0.1) is 5.10 Å². The summed E-state index contributed by atoms with van der Waals surface area (Å²) in [6.07, 6.45) is 1.44. The molecule has 0 atom stereocenters. The first-order valence-corrected chi connectivity index (χ1v) is 12.8. The summed E-state index contributed by atoms with van der Waals surface area (Å²) in [5.74, 6) is 0.575. The van der Waals surface area contributed by atoms with Crippen molar-refractivity contribution in [2.45, 2.75) is 33.2 Å². The molecule has 2 heterocycles. The average molecular weight is 527 g/mol. The van der Waals surface area contributed by atoms with E-state index in [2.05, 4.69) is 34.5 Å². The third kappa shape index (κ3) is 5.08. The van der Waals surface area contributed by atoms with Gasteiger partial charge in [-0.25, -0.2) is 14.5 Å². The van der Waals surface area contributed by atoms with Gasteiger partial charge in [-0.2, -0.15) is 0 Å². The van der Waals surface area contributed by atoms with Crippen molar-refractivity contribution >= 4 is 17.5 Å². The molecule has 0 spiro atoms. The SMILES string of the molecule is CC(C)CCc1c(Cl)n(C(=O)c2ccccc2)c(=O)n1Cc1ccc(-c2ccccc2-c2nnn[nH]2)cc1. The van der Waals surface area contributed by atoms with E-state index in [9.17, 15) is 9.59 Å². The van der Waals surface area contributed by atoms with Gasteiger partial charge in [-0.1, -0.05) is 92.2 Å². The van der Waals surface area contributed by atoms with Crippen LogP contribution in [0, 0.1) is 5.92 Å². The van der Waals surface area contributed by atoms with Gasteiger partial charge in [-0.05, 0) is 58.0 Å². The Morgan fingerprint density at radius 3 is 2.29 bits per heavy atom. The summed E-state index contributed by atoms with van der Waals surface area (Å²) in [5.41, 5.74) is 4.42. The number of H-pyrrole nitrogens is 1. The molecule has 0 saturated heterocycles. The number of halogens is 1. The van der Waals surface area contributed by atoms with Crippen LogP contribution in [0.1, 0.15) is 41.9 Å². The number of hydrogen-bond acceptors (Lipinski definition) is 5. The molecule has 0 bridgehead atoms. The maximum absolute atomic E-state index is 13.5. The minimum Gasteiger partial charge on any atom is -0.290 e. The van der Waals surface area contributed by atoms with Gasteiger partial charge in [0.15, 0.2) is 5.82 Å². The van der Waals surface area contributed by atoms with Crippen LogP contribution < -0.4 is 5.69 Å². The summed E-state index contributed by atoms with van der Waals surface area (Å²) in [6, 6.07) is 24.6. The second kappa shape index (κ2) is 11.0. The van der Waals surface area contributed by atoms with Gasteiger partial charge < -0.3 is 0 Å². The lowest BCUT2D eigenvalue weighted by molar-refractivity contribution is 0.0955. The Morgan fingerprint density at radius 2 is 1.63 bits per heavy atom. The maximum atomic E-state index is 13.5. The minimum atomic E-state index is -0.435. The lowest BCUT2D eigenvalue weighted by Crippen LogP contribution is -2.30. The Balaban J connectivity index is 1.49. The first-order chi connectivity index (χ1) is 18.4. The molecule has 0 fully saturated rings. The summed E-state index contributed by atoms with van der Waals surface area (Å²) in [5, 5.41) is 14.4. The highest BCUT2D eigenvalue weighted by molar-refractivity contribution is 6.31. The molecule has 0 radical (unpaired) electrons. The van der Waals surface area contributed by atoms with Gasteiger partial charge in [-0.3, -0.25) is 9.36 Å². The average Bonchev–Trinajstić information content (AvgIpc) is 3.55. The smallest absolute Gasteiger partial charge is 0.290 e.